The summed E-state index contributed by atoms with van der Waals surface area (Å²) in [6.07, 6.45) is 1.10. The highest BCUT2D eigenvalue weighted by molar-refractivity contribution is 6.08. The van der Waals surface area contributed by atoms with E-state index in [4.69, 9.17) is 4.74 Å². The molecule has 0 saturated carbocycles. The number of carbonyl (C=O) groups is 2. The molecule has 1 aliphatic heterocycles. The minimum Gasteiger partial charge on any atom is -0.492 e. The van der Waals surface area contributed by atoms with Crippen molar-refractivity contribution in [2.24, 2.45) is 11.8 Å². The molecule has 3 aromatic rings. The van der Waals surface area contributed by atoms with Crippen molar-refractivity contribution >= 4 is 17.5 Å². The van der Waals surface area contributed by atoms with Crippen molar-refractivity contribution in [2.45, 2.75) is 26.8 Å². The zero-order valence-corrected chi connectivity index (χ0v) is 20.0. The maximum atomic E-state index is 13.3. The molecule has 1 aromatic heterocycles. The minimum absolute atomic E-state index is 0.0757. The fraction of sp³-hybridized carbons (Fsp3) is 0.333. The summed E-state index contributed by atoms with van der Waals surface area (Å²) in [5, 5.41) is 7.00. The number of ether oxygens (including phenoxy) is 1. The van der Waals surface area contributed by atoms with Crippen LogP contribution in [-0.4, -0.2) is 46.2 Å². The quantitative estimate of drug-likeness (QED) is 0.564. The number of hydrogen-bond acceptors (Lipinski definition) is 5. The Kier molecular flexibility index (Phi) is 7.60. The SMILES string of the molecule is CC1CC(C)CN(C(=O)c2ccccc2NC(=O)c2ccc(=O)n(CCOc3ccccc3)n2)C1. The van der Waals surface area contributed by atoms with E-state index < -0.39 is 5.91 Å². The van der Waals surface area contributed by atoms with Crippen LogP contribution < -0.4 is 15.6 Å². The van der Waals surface area contributed by atoms with E-state index in [2.05, 4.69) is 24.3 Å². The van der Waals surface area contributed by atoms with Crippen LogP contribution in [0.4, 0.5) is 5.69 Å². The Hall–Kier alpha value is -3.94. The molecule has 0 spiro atoms. The lowest BCUT2D eigenvalue weighted by atomic mass is 9.91. The van der Waals surface area contributed by atoms with Crippen molar-refractivity contribution in [3.63, 3.8) is 0 Å². The van der Waals surface area contributed by atoms with E-state index in [1.807, 2.05) is 35.2 Å². The molecule has 0 radical (unpaired) electrons. The Morgan fingerprint density at radius 1 is 0.971 bits per heavy atom. The highest BCUT2D eigenvalue weighted by Crippen LogP contribution is 2.25. The predicted octanol–water partition coefficient (Wildman–Crippen LogP) is 3.69. The largest absolute Gasteiger partial charge is 0.492 e. The predicted molar refractivity (Wildman–Crippen MR) is 134 cm³/mol. The number of rotatable bonds is 7. The van der Waals surface area contributed by atoms with Gasteiger partial charge in [-0.15, -0.1) is 0 Å². The summed E-state index contributed by atoms with van der Waals surface area (Å²) in [7, 11) is 0. The molecular weight excluding hydrogens is 444 g/mol. The summed E-state index contributed by atoms with van der Waals surface area (Å²) in [5.41, 5.74) is 0.598. The smallest absolute Gasteiger partial charge is 0.276 e. The van der Waals surface area contributed by atoms with Gasteiger partial charge in [0.2, 0.25) is 0 Å². The van der Waals surface area contributed by atoms with E-state index in [1.54, 1.807) is 24.3 Å². The minimum atomic E-state index is -0.497. The average molecular weight is 475 g/mol. The van der Waals surface area contributed by atoms with Gasteiger partial charge in [0, 0.05) is 19.2 Å². The molecule has 1 fully saturated rings. The Morgan fingerprint density at radius 2 is 1.66 bits per heavy atom. The van der Waals surface area contributed by atoms with E-state index >= 15 is 0 Å². The molecule has 8 nitrogen and oxygen atoms in total. The van der Waals surface area contributed by atoms with Crippen LogP contribution in [0, 0.1) is 11.8 Å². The molecule has 2 atom stereocenters. The number of benzene rings is 2. The highest BCUT2D eigenvalue weighted by atomic mass is 16.5. The number of hydrogen-bond donors (Lipinski definition) is 1. The maximum Gasteiger partial charge on any atom is 0.276 e. The summed E-state index contributed by atoms with van der Waals surface area (Å²) < 4.78 is 6.83. The number of likely N-dealkylation sites (tertiary alicyclic amines) is 1. The third kappa shape index (κ3) is 6.15. The summed E-state index contributed by atoms with van der Waals surface area (Å²) >= 11 is 0. The van der Waals surface area contributed by atoms with E-state index in [-0.39, 0.29) is 30.3 Å². The van der Waals surface area contributed by atoms with Crippen LogP contribution in [0.1, 0.15) is 41.1 Å². The molecule has 1 aliphatic rings. The second-order valence-corrected chi connectivity index (χ2v) is 9.10. The molecule has 2 unspecified atom stereocenters. The van der Waals surface area contributed by atoms with Gasteiger partial charge < -0.3 is 15.0 Å². The van der Waals surface area contributed by atoms with Gasteiger partial charge in [-0.1, -0.05) is 44.2 Å². The molecule has 8 heteroatoms. The standard InChI is InChI=1S/C27H30N4O4/c1-19-16-20(2)18-30(17-19)27(34)22-10-6-7-11-23(22)28-26(33)24-12-13-25(32)31(29-24)14-15-35-21-8-4-3-5-9-21/h3-13,19-20H,14-18H2,1-2H3,(H,28,33). The third-order valence-corrected chi connectivity index (χ3v) is 5.98. The molecular formula is C27H30N4O4. The first-order valence-corrected chi connectivity index (χ1v) is 11.9. The fourth-order valence-corrected chi connectivity index (χ4v) is 4.46. The number of nitrogens with zero attached hydrogens (tertiary/aromatic N) is 3. The van der Waals surface area contributed by atoms with Gasteiger partial charge in [-0.3, -0.25) is 14.4 Å². The van der Waals surface area contributed by atoms with Gasteiger partial charge in [0.05, 0.1) is 17.8 Å². The van der Waals surface area contributed by atoms with Crippen LogP contribution in [0.3, 0.4) is 0 Å². The van der Waals surface area contributed by atoms with E-state index in [1.165, 1.54) is 16.8 Å². The van der Waals surface area contributed by atoms with E-state index in [0.29, 0.717) is 41.9 Å². The number of anilines is 1. The van der Waals surface area contributed by atoms with Gasteiger partial charge >= 0.3 is 0 Å². The Balaban J connectivity index is 1.46. The molecule has 182 valence electrons. The van der Waals surface area contributed by atoms with Crippen molar-refractivity contribution < 1.29 is 14.3 Å². The number of aromatic nitrogens is 2. The number of para-hydroxylation sites is 2. The lowest BCUT2D eigenvalue weighted by Gasteiger charge is -2.35. The Labute approximate surface area is 204 Å². The molecule has 1 N–H and O–H groups in total. The average Bonchev–Trinajstić information content (AvgIpc) is 2.85. The molecule has 0 aliphatic carbocycles. The normalized spacial score (nSPS) is 17.6. The monoisotopic (exact) mass is 474 g/mol. The maximum absolute atomic E-state index is 13.3. The van der Waals surface area contributed by atoms with Crippen LogP contribution in [0.2, 0.25) is 0 Å². The summed E-state index contributed by atoms with van der Waals surface area (Å²) in [6, 6.07) is 18.9. The number of piperidine rings is 1. The Morgan fingerprint density at radius 3 is 2.40 bits per heavy atom. The molecule has 2 amide bonds. The van der Waals surface area contributed by atoms with Crippen LogP contribution in [0.15, 0.2) is 71.5 Å². The molecule has 4 rings (SSSR count). The first-order chi connectivity index (χ1) is 16.9. The van der Waals surface area contributed by atoms with Gasteiger partial charge in [-0.25, -0.2) is 4.68 Å². The van der Waals surface area contributed by atoms with Crippen molar-refractivity contribution in [2.75, 3.05) is 25.0 Å². The van der Waals surface area contributed by atoms with Crippen molar-refractivity contribution in [1.29, 1.82) is 0 Å². The summed E-state index contributed by atoms with van der Waals surface area (Å²) in [5.74, 6) is 0.952. The van der Waals surface area contributed by atoms with Crippen LogP contribution in [0.25, 0.3) is 0 Å². The first-order valence-electron chi connectivity index (χ1n) is 11.9. The lowest BCUT2D eigenvalue weighted by Crippen LogP contribution is -2.42. The van der Waals surface area contributed by atoms with Gasteiger partial charge in [0.15, 0.2) is 0 Å². The van der Waals surface area contributed by atoms with E-state index in [9.17, 15) is 14.4 Å². The van der Waals surface area contributed by atoms with E-state index in [0.717, 1.165) is 6.42 Å². The lowest BCUT2D eigenvalue weighted by molar-refractivity contribution is 0.0624. The third-order valence-electron chi connectivity index (χ3n) is 5.98. The molecule has 2 heterocycles. The molecule has 0 bridgehead atoms. The topological polar surface area (TPSA) is 93.5 Å². The van der Waals surface area contributed by atoms with Crippen LogP contribution in [-0.2, 0) is 6.54 Å². The highest BCUT2D eigenvalue weighted by Gasteiger charge is 2.27. The van der Waals surface area contributed by atoms with Gasteiger partial charge in [-0.2, -0.15) is 5.10 Å². The molecule has 35 heavy (non-hydrogen) atoms. The summed E-state index contributed by atoms with van der Waals surface area (Å²) in [4.78, 5) is 40.3. The van der Waals surface area contributed by atoms with Gasteiger partial charge in [0.25, 0.3) is 17.4 Å². The zero-order chi connectivity index (χ0) is 24.8. The zero-order valence-electron chi connectivity index (χ0n) is 20.0. The second-order valence-electron chi connectivity index (χ2n) is 9.10. The number of nitrogens with one attached hydrogen (secondary N) is 1. The van der Waals surface area contributed by atoms with Crippen molar-refractivity contribution in [3.8, 4) is 5.75 Å². The molecule has 2 aromatic carbocycles. The number of carbonyl (C=O) groups excluding carboxylic acids is 2. The van der Waals surface area contributed by atoms with Crippen molar-refractivity contribution in [3.05, 3.63) is 88.3 Å². The first kappa shape index (κ1) is 24.2. The number of amides is 2. The fourth-order valence-electron chi connectivity index (χ4n) is 4.46. The van der Waals surface area contributed by atoms with Gasteiger partial charge in [-0.05, 0) is 48.6 Å². The van der Waals surface area contributed by atoms with Gasteiger partial charge in [0.1, 0.15) is 18.1 Å². The molecule has 1 saturated heterocycles. The Bertz CT molecular complexity index is 1230. The second kappa shape index (κ2) is 11.0. The van der Waals surface area contributed by atoms with Crippen molar-refractivity contribution in [1.82, 2.24) is 14.7 Å². The van der Waals surface area contributed by atoms with Crippen LogP contribution >= 0.6 is 0 Å². The van der Waals surface area contributed by atoms with Crippen LogP contribution in [0.5, 0.6) is 5.75 Å². The summed E-state index contributed by atoms with van der Waals surface area (Å²) in [6.45, 7) is 6.11.